The maximum atomic E-state index is 6.05. The fourth-order valence-corrected chi connectivity index (χ4v) is 3.79. The van der Waals surface area contributed by atoms with E-state index in [1.807, 2.05) is 11.8 Å². The number of nitrogens with one attached hydrogen (secondary N) is 3. The molecule has 3 N–H and O–H groups in total. The summed E-state index contributed by atoms with van der Waals surface area (Å²) < 4.78 is 0. The Balaban J connectivity index is 1.65. The molecule has 122 valence electrons. The third kappa shape index (κ3) is 5.74. The van der Waals surface area contributed by atoms with Crippen LogP contribution in [0.25, 0.3) is 0 Å². The van der Waals surface area contributed by atoms with Crippen LogP contribution in [0.15, 0.2) is 17.3 Å². The zero-order chi connectivity index (χ0) is 15.8. The molecule has 0 saturated carbocycles. The standard InChI is InChI=1S/C14H21Cl2N5S/c1-17-14(21-9-11-3-2-6-22-11)19-5-4-18-13-12(16)7-10(15)8-20-13/h7-8,11H,2-6,9H2,1H3,(H,18,20)(H2,17,19,21). The molecule has 0 amide bonds. The van der Waals surface area contributed by atoms with Gasteiger partial charge < -0.3 is 16.0 Å². The minimum atomic E-state index is 0.522. The van der Waals surface area contributed by atoms with Crippen LogP contribution in [-0.2, 0) is 0 Å². The average molecular weight is 362 g/mol. The van der Waals surface area contributed by atoms with Gasteiger partial charge in [-0.2, -0.15) is 11.8 Å². The van der Waals surface area contributed by atoms with Gasteiger partial charge >= 0.3 is 0 Å². The highest BCUT2D eigenvalue weighted by molar-refractivity contribution is 8.00. The molecule has 0 bridgehead atoms. The van der Waals surface area contributed by atoms with Crippen LogP contribution in [-0.4, -0.2) is 48.6 Å². The molecule has 1 fully saturated rings. The molecule has 5 nitrogen and oxygen atoms in total. The third-order valence-electron chi connectivity index (χ3n) is 3.26. The predicted molar refractivity (Wildman–Crippen MR) is 97.6 cm³/mol. The van der Waals surface area contributed by atoms with E-state index in [-0.39, 0.29) is 0 Å². The molecule has 1 unspecified atom stereocenters. The number of aliphatic imine (C=N–C) groups is 1. The SMILES string of the molecule is CN=C(NCCNc1ncc(Cl)cc1Cl)NCC1CCCS1. The second kappa shape index (κ2) is 9.33. The molecule has 1 aromatic heterocycles. The van der Waals surface area contributed by atoms with Gasteiger partial charge in [0.15, 0.2) is 5.96 Å². The smallest absolute Gasteiger partial charge is 0.191 e. The van der Waals surface area contributed by atoms with E-state index in [0.717, 1.165) is 19.0 Å². The van der Waals surface area contributed by atoms with Gasteiger partial charge in [-0.25, -0.2) is 4.98 Å². The maximum Gasteiger partial charge on any atom is 0.191 e. The van der Waals surface area contributed by atoms with Crippen LogP contribution < -0.4 is 16.0 Å². The summed E-state index contributed by atoms with van der Waals surface area (Å²) in [6.07, 6.45) is 4.18. The highest BCUT2D eigenvalue weighted by Gasteiger charge is 2.15. The lowest BCUT2D eigenvalue weighted by Crippen LogP contribution is -2.41. The summed E-state index contributed by atoms with van der Waals surface area (Å²) in [6.45, 7) is 2.37. The van der Waals surface area contributed by atoms with Gasteiger partial charge in [-0.1, -0.05) is 23.2 Å². The number of hydrogen-bond donors (Lipinski definition) is 3. The first kappa shape index (κ1) is 17.5. The Morgan fingerprint density at radius 3 is 2.95 bits per heavy atom. The number of rotatable bonds is 6. The summed E-state index contributed by atoms with van der Waals surface area (Å²) in [5.74, 6) is 2.74. The number of anilines is 1. The second-order valence-corrected chi connectivity index (χ2v) is 7.18. The van der Waals surface area contributed by atoms with Crippen LogP contribution in [0, 0.1) is 0 Å². The molecule has 0 radical (unpaired) electrons. The maximum absolute atomic E-state index is 6.05. The number of hydrogen-bond acceptors (Lipinski definition) is 4. The molecule has 22 heavy (non-hydrogen) atoms. The Labute approximate surface area is 145 Å². The molecule has 1 aromatic rings. The molecule has 8 heteroatoms. The molecular weight excluding hydrogens is 341 g/mol. The Kier molecular flexibility index (Phi) is 7.42. The highest BCUT2D eigenvalue weighted by Crippen LogP contribution is 2.25. The molecule has 1 saturated heterocycles. The monoisotopic (exact) mass is 361 g/mol. The van der Waals surface area contributed by atoms with E-state index >= 15 is 0 Å². The number of halogens is 2. The molecule has 1 aliphatic rings. The summed E-state index contributed by atoms with van der Waals surface area (Å²) >= 11 is 13.9. The van der Waals surface area contributed by atoms with Gasteiger partial charge in [0.1, 0.15) is 5.82 Å². The van der Waals surface area contributed by atoms with Crippen molar-refractivity contribution in [2.75, 3.05) is 37.8 Å². The second-order valence-electron chi connectivity index (χ2n) is 4.93. The Morgan fingerprint density at radius 2 is 2.27 bits per heavy atom. The van der Waals surface area contributed by atoms with Gasteiger partial charge in [-0.05, 0) is 24.7 Å². The molecular formula is C14H21Cl2N5S. The first-order valence-electron chi connectivity index (χ1n) is 7.30. The van der Waals surface area contributed by atoms with Crippen molar-refractivity contribution in [1.29, 1.82) is 0 Å². The molecule has 2 rings (SSSR count). The van der Waals surface area contributed by atoms with Crippen LogP contribution in [0.3, 0.4) is 0 Å². The van der Waals surface area contributed by atoms with Crippen molar-refractivity contribution in [1.82, 2.24) is 15.6 Å². The summed E-state index contributed by atoms with van der Waals surface area (Å²) in [5.41, 5.74) is 0. The third-order valence-corrected chi connectivity index (χ3v) is 5.16. The van der Waals surface area contributed by atoms with Crippen molar-refractivity contribution in [3.05, 3.63) is 22.3 Å². The summed E-state index contributed by atoms with van der Waals surface area (Å²) in [5, 5.41) is 11.5. The zero-order valence-electron chi connectivity index (χ0n) is 12.5. The van der Waals surface area contributed by atoms with Crippen molar-refractivity contribution < 1.29 is 0 Å². The van der Waals surface area contributed by atoms with E-state index < -0.39 is 0 Å². The van der Waals surface area contributed by atoms with Gasteiger partial charge in [0, 0.05) is 38.1 Å². The number of thioether (sulfide) groups is 1. The van der Waals surface area contributed by atoms with Crippen molar-refractivity contribution >= 4 is 46.7 Å². The van der Waals surface area contributed by atoms with Crippen molar-refractivity contribution in [3.8, 4) is 0 Å². The molecule has 1 atom stereocenters. The van der Waals surface area contributed by atoms with E-state index in [2.05, 4.69) is 25.9 Å². The fraction of sp³-hybridized carbons (Fsp3) is 0.571. The summed E-state index contributed by atoms with van der Waals surface area (Å²) in [7, 11) is 1.78. The van der Waals surface area contributed by atoms with Crippen LogP contribution in [0.4, 0.5) is 5.82 Å². The summed E-state index contributed by atoms with van der Waals surface area (Å²) in [6, 6.07) is 1.67. The lowest BCUT2D eigenvalue weighted by atomic mass is 10.2. The molecule has 0 aromatic carbocycles. The molecule has 0 aliphatic carbocycles. The van der Waals surface area contributed by atoms with Gasteiger partial charge in [0.2, 0.25) is 0 Å². The molecule has 2 heterocycles. The number of guanidine groups is 1. The van der Waals surface area contributed by atoms with Gasteiger partial charge in [0.25, 0.3) is 0 Å². The Bertz CT molecular complexity index is 506. The van der Waals surface area contributed by atoms with E-state index in [1.54, 1.807) is 19.3 Å². The van der Waals surface area contributed by atoms with Gasteiger partial charge in [0.05, 0.1) is 10.0 Å². The first-order chi connectivity index (χ1) is 10.7. The van der Waals surface area contributed by atoms with Crippen molar-refractivity contribution in [2.24, 2.45) is 4.99 Å². The summed E-state index contributed by atoms with van der Waals surface area (Å²) in [4.78, 5) is 8.37. The van der Waals surface area contributed by atoms with E-state index in [4.69, 9.17) is 23.2 Å². The minimum Gasteiger partial charge on any atom is -0.367 e. The van der Waals surface area contributed by atoms with Gasteiger partial charge in [-0.3, -0.25) is 4.99 Å². The quantitative estimate of drug-likeness (QED) is 0.413. The van der Waals surface area contributed by atoms with Crippen LogP contribution in [0.2, 0.25) is 10.0 Å². The molecule has 1 aliphatic heterocycles. The fourth-order valence-electron chi connectivity index (χ4n) is 2.14. The average Bonchev–Trinajstić information content (AvgIpc) is 3.01. The largest absolute Gasteiger partial charge is 0.367 e. The van der Waals surface area contributed by atoms with Crippen molar-refractivity contribution in [2.45, 2.75) is 18.1 Å². The van der Waals surface area contributed by atoms with Crippen LogP contribution >= 0.6 is 35.0 Å². The van der Waals surface area contributed by atoms with E-state index in [9.17, 15) is 0 Å². The topological polar surface area (TPSA) is 61.3 Å². The Morgan fingerprint density at radius 1 is 1.41 bits per heavy atom. The van der Waals surface area contributed by atoms with Crippen LogP contribution in [0.1, 0.15) is 12.8 Å². The normalized spacial score (nSPS) is 18.3. The Hall–Kier alpha value is -0.850. The van der Waals surface area contributed by atoms with E-state index in [1.165, 1.54) is 18.6 Å². The lowest BCUT2D eigenvalue weighted by molar-refractivity contribution is 0.727. The number of aromatic nitrogens is 1. The van der Waals surface area contributed by atoms with E-state index in [0.29, 0.717) is 27.7 Å². The lowest BCUT2D eigenvalue weighted by Gasteiger charge is -2.15. The molecule has 0 spiro atoms. The first-order valence-corrected chi connectivity index (χ1v) is 9.10. The predicted octanol–water partition coefficient (Wildman–Crippen LogP) is 2.86. The highest BCUT2D eigenvalue weighted by atomic mass is 35.5. The minimum absolute atomic E-state index is 0.522. The number of nitrogens with zero attached hydrogens (tertiary/aromatic N) is 2. The number of pyridine rings is 1. The van der Waals surface area contributed by atoms with Crippen molar-refractivity contribution in [3.63, 3.8) is 0 Å². The van der Waals surface area contributed by atoms with Gasteiger partial charge in [-0.15, -0.1) is 0 Å². The zero-order valence-corrected chi connectivity index (χ0v) is 14.9. The van der Waals surface area contributed by atoms with Crippen LogP contribution in [0.5, 0.6) is 0 Å².